The zero-order valence-corrected chi connectivity index (χ0v) is 15.6. The topological polar surface area (TPSA) is 114 Å². The number of carbonyl (C=O) groups excluding carboxylic acids is 2. The van der Waals surface area contributed by atoms with E-state index in [1.54, 1.807) is 6.92 Å². The maximum absolute atomic E-state index is 12.5. The Balaban J connectivity index is 1.30. The van der Waals surface area contributed by atoms with Crippen LogP contribution in [0.5, 0.6) is 5.75 Å². The maximum atomic E-state index is 12.5. The number of nitrogens with zero attached hydrogens (tertiary/aromatic N) is 1. The summed E-state index contributed by atoms with van der Waals surface area (Å²) in [4.78, 5) is 24.7. The van der Waals surface area contributed by atoms with E-state index in [2.05, 4.69) is 21.9 Å². The van der Waals surface area contributed by atoms with Gasteiger partial charge in [-0.1, -0.05) is 17.3 Å². The van der Waals surface area contributed by atoms with E-state index >= 15 is 0 Å². The molecule has 1 aromatic heterocycles. The molecule has 1 aliphatic heterocycles. The molecule has 1 fully saturated rings. The summed E-state index contributed by atoms with van der Waals surface area (Å²) in [5, 5.41) is 19.6. The van der Waals surface area contributed by atoms with Gasteiger partial charge in [-0.25, -0.2) is 0 Å². The Kier molecular flexibility index (Phi) is 5.04. The van der Waals surface area contributed by atoms with Crippen molar-refractivity contribution in [1.82, 2.24) is 15.8 Å². The second kappa shape index (κ2) is 7.63. The average molecular weight is 385 g/mol. The van der Waals surface area contributed by atoms with Crippen molar-refractivity contribution in [2.75, 3.05) is 6.61 Å². The van der Waals surface area contributed by atoms with Crippen LogP contribution in [0.15, 0.2) is 28.8 Å². The molecule has 28 heavy (non-hydrogen) atoms. The lowest BCUT2D eigenvalue weighted by molar-refractivity contribution is -0.125. The number of carbonyl (C=O) groups is 2. The van der Waals surface area contributed by atoms with Crippen molar-refractivity contribution in [2.24, 2.45) is 5.92 Å². The number of aliphatic hydroxyl groups is 1. The standard InChI is InChI=1S/C20H23N3O5/c1-11-6-16(23-28-11)20(26)22-15-8-14(9-17(15)24)19(25)21-10-12-2-3-18-13(7-12)4-5-27-18/h2-3,6-7,14-15,17,24H,4-5,8-10H2,1H3,(H,21,25)(H,22,26)/t14-,15-,17-/m0/s1. The van der Waals surface area contributed by atoms with E-state index in [1.807, 2.05) is 12.1 Å². The highest BCUT2D eigenvalue weighted by molar-refractivity contribution is 5.92. The quantitative estimate of drug-likeness (QED) is 0.710. The van der Waals surface area contributed by atoms with E-state index in [0.29, 0.717) is 31.8 Å². The molecule has 1 aliphatic carbocycles. The highest BCUT2D eigenvalue weighted by Gasteiger charge is 2.38. The van der Waals surface area contributed by atoms with Crippen LogP contribution in [0.25, 0.3) is 0 Å². The molecule has 8 heteroatoms. The Hall–Kier alpha value is -2.87. The van der Waals surface area contributed by atoms with E-state index in [9.17, 15) is 14.7 Å². The van der Waals surface area contributed by atoms with Gasteiger partial charge in [-0.3, -0.25) is 9.59 Å². The molecule has 0 saturated heterocycles. The van der Waals surface area contributed by atoms with Gasteiger partial charge in [0.2, 0.25) is 5.91 Å². The normalized spacial score (nSPS) is 23.1. The Morgan fingerprint density at radius 1 is 1.29 bits per heavy atom. The molecule has 2 aromatic rings. The van der Waals surface area contributed by atoms with Crippen molar-refractivity contribution in [3.05, 3.63) is 46.8 Å². The summed E-state index contributed by atoms with van der Waals surface area (Å²) in [6.07, 6.45) is 0.809. The zero-order valence-electron chi connectivity index (χ0n) is 15.6. The fourth-order valence-corrected chi connectivity index (χ4v) is 3.78. The number of nitrogens with one attached hydrogen (secondary N) is 2. The number of aromatic nitrogens is 1. The third kappa shape index (κ3) is 3.87. The van der Waals surface area contributed by atoms with Crippen LogP contribution >= 0.6 is 0 Å². The summed E-state index contributed by atoms with van der Waals surface area (Å²) in [6.45, 7) is 2.82. The molecule has 2 aliphatic rings. The third-order valence-corrected chi connectivity index (χ3v) is 5.30. The highest BCUT2D eigenvalue weighted by Crippen LogP contribution is 2.28. The van der Waals surface area contributed by atoms with Crippen molar-refractivity contribution in [2.45, 2.75) is 44.9 Å². The van der Waals surface area contributed by atoms with Gasteiger partial charge in [0.25, 0.3) is 5.91 Å². The van der Waals surface area contributed by atoms with Crippen LogP contribution in [-0.4, -0.2) is 40.8 Å². The Labute approximate surface area is 162 Å². The minimum Gasteiger partial charge on any atom is -0.493 e. The van der Waals surface area contributed by atoms with Gasteiger partial charge in [-0.15, -0.1) is 0 Å². The van der Waals surface area contributed by atoms with E-state index in [-0.39, 0.29) is 17.5 Å². The molecule has 3 atom stereocenters. The summed E-state index contributed by atoms with van der Waals surface area (Å²) in [6, 6.07) is 6.96. The Morgan fingerprint density at radius 3 is 2.93 bits per heavy atom. The van der Waals surface area contributed by atoms with Gasteiger partial charge in [-0.2, -0.15) is 0 Å². The summed E-state index contributed by atoms with van der Waals surface area (Å²) in [5.41, 5.74) is 2.34. The third-order valence-electron chi connectivity index (χ3n) is 5.30. The largest absolute Gasteiger partial charge is 0.493 e. The number of rotatable bonds is 5. The van der Waals surface area contributed by atoms with Gasteiger partial charge in [0.1, 0.15) is 11.5 Å². The molecule has 0 bridgehead atoms. The molecule has 2 amide bonds. The van der Waals surface area contributed by atoms with Gasteiger partial charge >= 0.3 is 0 Å². The number of benzene rings is 1. The second-order valence-corrected chi connectivity index (χ2v) is 7.40. The summed E-state index contributed by atoms with van der Waals surface area (Å²) < 4.78 is 10.4. The lowest BCUT2D eigenvalue weighted by Gasteiger charge is -2.15. The lowest BCUT2D eigenvalue weighted by Crippen LogP contribution is -2.40. The molecule has 1 saturated carbocycles. The molecule has 0 unspecified atom stereocenters. The van der Waals surface area contributed by atoms with Gasteiger partial charge in [0.15, 0.2) is 5.69 Å². The fourth-order valence-electron chi connectivity index (χ4n) is 3.78. The molecule has 148 valence electrons. The van der Waals surface area contributed by atoms with Crippen LogP contribution < -0.4 is 15.4 Å². The fraction of sp³-hybridized carbons (Fsp3) is 0.450. The monoisotopic (exact) mass is 385 g/mol. The van der Waals surface area contributed by atoms with Crippen molar-refractivity contribution in [3.63, 3.8) is 0 Å². The Bertz CT molecular complexity index is 894. The SMILES string of the molecule is Cc1cc(C(=O)N[C@H]2C[C@H](C(=O)NCc3ccc4c(c3)CCO4)C[C@@H]2O)no1. The number of fused-ring (bicyclic) bond motifs is 1. The predicted molar refractivity (Wildman–Crippen MR) is 98.7 cm³/mol. The maximum Gasteiger partial charge on any atom is 0.273 e. The molecule has 2 heterocycles. The van der Waals surface area contributed by atoms with Crippen molar-refractivity contribution >= 4 is 11.8 Å². The van der Waals surface area contributed by atoms with Crippen LogP contribution in [0.4, 0.5) is 0 Å². The second-order valence-electron chi connectivity index (χ2n) is 7.40. The first-order valence-electron chi connectivity index (χ1n) is 9.44. The van der Waals surface area contributed by atoms with Crippen molar-refractivity contribution in [1.29, 1.82) is 0 Å². The first kappa shape index (κ1) is 18.5. The average Bonchev–Trinajstić information content (AvgIpc) is 3.40. The smallest absolute Gasteiger partial charge is 0.273 e. The Morgan fingerprint density at radius 2 is 2.14 bits per heavy atom. The zero-order chi connectivity index (χ0) is 19.7. The minimum atomic E-state index is -0.773. The number of hydrogen-bond donors (Lipinski definition) is 3. The molecule has 0 spiro atoms. The van der Waals surface area contributed by atoms with E-state index in [0.717, 1.165) is 23.3 Å². The molecule has 8 nitrogen and oxygen atoms in total. The number of hydrogen-bond acceptors (Lipinski definition) is 6. The number of aryl methyl sites for hydroxylation is 1. The van der Waals surface area contributed by atoms with Crippen LogP contribution in [0, 0.1) is 12.8 Å². The van der Waals surface area contributed by atoms with Gasteiger partial charge in [0.05, 0.1) is 18.8 Å². The van der Waals surface area contributed by atoms with Crippen LogP contribution in [-0.2, 0) is 17.8 Å². The van der Waals surface area contributed by atoms with Crippen LogP contribution in [0.1, 0.15) is 40.2 Å². The lowest BCUT2D eigenvalue weighted by atomic mass is 10.1. The molecule has 0 radical (unpaired) electrons. The number of aliphatic hydroxyl groups excluding tert-OH is 1. The van der Waals surface area contributed by atoms with Gasteiger partial charge in [-0.05, 0) is 37.0 Å². The summed E-state index contributed by atoms with van der Waals surface area (Å²) >= 11 is 0. The van der Waals surface area contributed by atoms with Crippen molar-refractivity contribution < 1.29 is 24.0 Å². The van der Waals surface area contributed by atoms with Crippen molar-refractivity contribution in [3.8, 4) is 5.75 Å². The molecule has 4 rings (SSSR count). The highest BCUT2D eigenvalue weighted by atomic mass is 16.5. The molecular formula is C20H23N3O5. The number of amides is 2. The minimum absolute atomic E-state index is 0.121. The van der Waals surface area contributed by atoms with Crippen LogP contribution in [0.2, 0.25) is 0 Å². The predicted octanol–water partition coefficient (Wildman–Crippen LogP) is 1.10. The van der Waals surface area contributed by atoms with Gasteiger partial charge < -0.3 is 25.0 Å². The van der Waals surface area contributed by atoms with E-state index in [1.165, 1.54) is 6.07 Å². The molecule has 3 N–H and O–H groups in total. The van der Waals surface area contributed by atoms with E-state index in [4.69, 9.17) is 9.26 Å². The summed E-state index contributed by atoms with van der Waals surface area (Å²) in [5.74, 6) is 0.562. The van der Waals surface area contributed by atoms with E-state index < -0.39 is 18.1 Å². The first-order chi connectivity index (χ1) is 13.5. The summed E-state index contributed by atoms with van der Waals surface area (Å²) in [7, 11) is 0. The molecule has 1 aromatic carbocycles. The number of ether oxygens (including phenoxy) is 1. The van der Waals surface area contributed by atoms with Gasteiger partial charge in [0, 0.05) is 24.9 Å². The van der Waals surface area contributed by atoms with Crippen LogP contribution in [0.3, 0.4) is 0 Å². The molecular weight excluding hydrogens is 362 g/mol. The first-order valence-corrected chi connectivity index (χ1v) is 9.44.